The second kappa shape index (κ2) is 6.71. The molecule has 0 aromatic carbocycles. The maximum Gasteiger partial charge on any atom is 0.147 e. The lowest BCUT2D eigenvalue weighted by atomic mass is 10.1. The van der Waals surface area contributed by atoms with Crippen molar-refractivity contribution in [2.24, 2.45) is 0 Å². The van der Waals surface area contributed by atoms with E-state index in [0.29, 0.717) is 6.04 Å². The van der Waals surface area contributed by atoms with Gasteiger partial charge in [-0.1, -0.05) is 0 Å². The fourth-order valence-electron chi connectivity index (χ4n) is 2.57. The number of anilines is 1. The Bertz CT molecular complexity index is 452. The van der Waals surface area contributed by atoms with E-state index in [0.717, 1.165) is 31.1 Å². The Balaban J connectivity index is 2.03. The van der Waals surface area contributed by atoms with Crippen molar-refractivity contribution in [3.05, 3.63) is 18.1 Å². The van der Waals surface area contributed by atoms with Crippen LogP contribution in [0.2, 0.25) is 0 Å². The highest BCUT2D eigenvalue weighted by Crippen LogP contribution is 2.19. The van der Waals surface area contributed by atoms with Gasteiger partial charge in [0.25, 0.3) is 0 Å². The van der Waals surface area contributed by atoms with Gasteiger partial charge in [0.1, 0.15) is 5.82 Å². The lowest BCUT2D eigenvalue weighted by Gasteiger charge is -2.36. The highest BCUT2D eigenvalue weighted by molar-refractivity contribution is 5.37. The Morgan fingerprint density at radius 1 is 1.33 bits per heavy atom. The largest absolute Gasteiger partial charge is 0.354 e. The summed E-state index contributed by atoms with van der Waals surface area (Å²) < 4.78 is 0. The van der Waals surface area contributed by atoms with Crippen LogP contribution in [0.5, 0.6) is 0 Å². The Morgan fingerprint density at radius 2 is 2.10 bits per heavy atom. The third kappa shape index (κ3) is 4.93. The third-order valence-corrected chi connectivity index (χ3v) is 3.92. The lowest BCUT2D eigenvalue weighted by molar-refractivity contribution is 0.257. The van der Waals surface area contributed by atoms with Crippen molar-refractivity contribution in [3.8, 4) is 0 Å². The SMILES string of the molecule is CN(C)C1CCCN(c2cncc(CNC(C)(C)C)n2)C1. The molecule has 0 spiro atoms. The van der Waals surface area contributed by atoms with E-state index in [1.165, 1.54) is 12.8 Å². The van der Waals surface area contributed by atoms with E-state index in [1.54, 1.807) is 0 Å². The summed E-state index contributed by atoms with van der Waals surface area (Å²) in [4.78, 5) is 13.8. The molecule has 1 aromatic heterocycles. The smallest absolute Gasteiger partial charge is 0.147 e. The Labute approximate surface area is 128 Å². The van der Waals surface area contributed by atoms with Crippen LogP contribution in [0.4, 0.5) is 5.82 Å². The molecule has 0 saturated carbocycles. The minimum absolute atomic E-state index is 0.0961. The number of hydrogen-bond donors (Lipinski definition) is 1. The minimum Gasteiger partial charge on any atom is -0.354 e. The first-order chi connectivity index (χ1) is 9.85. The maximum absolute atomic E-state index is 4.78. The molecule has 2 rings (SSSR count). The van der Waals surface area contributed by atoms with E-state index >= 15 is 0 Å². The minimum atomic E-state index is 0.0961. The van der Waals surface area contributed by atoms with E-state index in [-0.39, 0.29) is 5.54 Å². The fraction of sp³-hybridized carbons (Fsp3) is 0.750. The summed E-state index contributed by atoms with van der Waals surface area (Å²) in [7, 11) is 4.31. The van der Waals surface area contributed by atoms with Gasteiger partial charge in [0.05, 0.1) is 11.9 Å². The molecule has 1 fully saturated rings. The topological polar surface area (TPSA) is 44.3 Å². The van der Waals surface area contributed by atoms with Gasteiger partial charge in [-0.15, -0.1) is 0 Å². The van der Waals surface area contributed by atoms with Crippen molar-refractivity contribution >= 4 is 5.82 Å². The van der Waals surface area contributed by atoms with Crippen molar-refractivity contribution in [1.29, 1.82) is 0 Å². The first-order valence-corrected chi connectivity index (χ1v) is 7.82. The molecule has 0 bridgehead atoms. The average molecular weight is 291 g/mol. The van der Waals surface area contributed by atoms with E-state index in [2.05, 4.69) is 55.0 Å². The Kier molecular flexibility index (Phi) is 5.17. The first kappa shape index (κ1) is 16.2. The van der Waals surface area contributed by atoms with Crippen LogP contribution >= 0.6 is 0 Å². The molecule has 5 heteroatoms. The van der Waals surface area contributed by atoms with Gasteiger partial charge >= 0.3 is 0 Å². The van der Waals surface area contributed by atoms with Crippen molar-refractivity contribution in [1.82, 2.24) is 20.2 Å². The Hall–Kier alpha value is -1.20. The van der Waals surface area contributed by atoms with Crippen LogP contribution in [-0.2, 0) is 6.54 Å². The second-order valence-corrected chi connectivity index (χ2v) is 7.18. The van der Waals surface area contributed by atoms with Gasteiger partial charge in [-0.3, -0.25) is 4.98 Å². The predicted octanol–water partition coefficient (Wildman–Crippen LogP) is 1.90. The van der Waals surface area contributed by atoms with Gasteiger partial charge in [-0.05, 0) is 47.7 Å². The molecule has 1 saturated heterocycles. The quantitative estimate of drug-likeness (QED) is 0.918. The van der Waals surface area contributed by atoms with Crippen LogP contribution in [0.1, 0.15) is 39.3 Å². The molecular formula is C16H29N5. The fourth-order valence-corrected chi connectivity index (χ4v) is 2.57. The van der Waals surface area contributed by atoms with Crippen LogP contribution in [0.25, 0.3) is 0 Å². The first-order valence-electron chi connectivity index (χ1n) is 7.82. The molecule has 1 atom stereocenters. The lowest BCUT2D eigenvalue weighted by Crippen LogP contribution is -2.45. The number of nitrogens with one attached hydrogen (secondary N) is 1. The normalized spacial score (nSPS) is 20.1. The van der Waals surface area contributed by atoms with Crippen molar-refractivity contribution in [2.75, 3.05) is 32.1 Å². The van der Waals surface area contributed by atoms with Crippen LogP contribution < -0.4 is 10.2 Å². The molecule has 5 nitrogen and oxygen atoms in total. The summed E-state index contributed by atoms with van der Waals surface area (Å²) in [6.07, 6.45) is 6.23. The highest BCUT2D eigenvalue weighted by Gasteiger charge is 2.22. The third-order valence-electron chi connectivity index (χ3n) is 3.92. The van der Waals surface area contributed by atoms with Crippen LogP contribution in [0.3, 0.4) is 0 Å². The zero-order valence-electron chi connectivity index (χ0n) is 14.1. The predicted molar refractivity (Wildman–Crippen MR) is 87.5 cm³/mol. The van der Waals surface area contributed by atoms with E-state index in [4.69, 9.17) is 4.98 Å². The molecule has 118 valence electrons. The molecule has 0 amide bonds. The average Bonchev–Trinajstić information content (AvgIpc) is 2.45. The second-order valence-electron chi connectivity index (χ2n) is 7.18. The van der Waals surface area contributed by atoms with E-state index < -0.39 is 0 Å². The zero-order valence-corrected chi connectivity index (χ0v) is 14.1. The van der Waals surface area contributed by atoms with Gasteiger partial charge in [0, 0.05) is 37.4 Å². The summed E-state index contributed by atoms with van der Waals surface area (Å²) in [6, 6.07) is 0.608. The van der Waals surface area contributed by atoms with Gasteiger partial charge in [0.2, 0.25) is 0 Å². The number of aromatic nitrogens is 2. The standard InChI is InChI=1S/C16H29N5/c1-16(2,3)18-10-13-9-17-11-15(19-13)21-8-6-7-14(12-21)20(4)5/h9,11,14,18H,6-8,10,12H2,1-5H3. The van der Waals surface area contributed by atoms with E-state index in [9.17, 15) is 0 Å². The summed E-state index contributed by atoms with van der Waals surface area (Å²) in [5, 5.41) is 3.47. The van der Waals surface area contributed by atoms with Crippen molar-refractivity contribution in [2.45, 2.75) is 51.7 Å². The van der Waals surface area contributed by atoms with Crippen molar-refractivity contribution in [3.63, 3.8) is 0 Å². The molecule has 1 N–H and O–H groups in total. The zero-order chi connectivity index (χ0) is 15.5. The van der Waals surface area contributed by atoms with E-state index in [1.807, 2.05) is 12.4 Å². The molecule has 1 aromatic rings. The summed E-state index contributed by atoms with van der Waals surface area (Å²) in [6.45, 7) is 9.37. The molecular weight excluding hydrogens is 262 g/mol. The molecule has 21 heavy (non-hydrogen) atoms. The van der Waals surface area contributed by atoms with Crippen molar-refractivity contribution < 1.29 is 0 Å². The number of nitrogens with zero attached hydrogens (tertiary/aromatic N) is 4. The van der Waals surface area contributed by atoms with Gasteiger partial charge in [-0.25, -0.2) is 4.98 Å². The molecule has 1 unspecified atom stereocenters. The Morgan fingerprint density at radius 3 is 2.76 bits per heavy atom. The summed E-state index contributed by atoms with van der Waals surface area (Å²) >= 11 is 0. The maximum atomic E-state index is 4.78. The van der Waals surface area contributed by atoms with Crippen LogP contribution in [-0.4, -0.2) is 53.6 Å². The van der Waals surface area contributed by atoms with Crippen LogP contribution in [0, 0.1) is 0 Å². The molecule has 2 heterocycles. The van der Waals surface area contributed by atoms with Gasteiger partial charge < -0.3 is 15.1 Å². The molecule has 0 aliphatic carbocycles. The molecule has 0 radical (unpaired) electrons. The van der Waals surface area contributed by atoms with Gasteiger partial charge in [-0.2, -0.15) is 0 Å². The number of piperidine rings is 1. The monoisotopic (exact) mass is 291 g/mol. The summed E-state index contributed by atoms with van der Waals surface area (Å²) in [5.41, 5.74) is 1.10. The number of rotatable bonds is 4. The number of hydrogen-bond acceptors (Lipinski definition) is 5. The van der Waals surface area contributed by atoms with Crippen LogP contribution in [0.15, 0.2) is 12.4 Å². The highest BCUT2D eigenvalue weighted by atomic mass is 15.2. The summed E-state index contributed by atoms with van der Waals surface area (Å²) in [5.74, 6) is 1.01. The number of likely N-dealkylation sites (N-methyl/N-ethyl adjacent to an activating group) is 1. The molecule has 1 aliphatic heterocycles. The molecule has 1 aliphatic rings. The van der Waals surface area contributed by atoms with Gasteiger partial charge in [0.15, 0.2) is 0 Å².